The molecule has 0 spiro atoms. The van der Waals surface area contributed by atoms with Gasteiger partial charge in [-0.05, 0) is 37.6 Å². The number of nitrogens with zero attached hydrogens (tertiary/aromatic N) is 1. The normalized spacial score (nSPS) is 17.3. The molecule has 2 amide bonds. The third kappa shape index (κ3) is 2.97. The highest BCUT2D eigenvalue weighted by molar-refractivity contribution is 6.23. The van der Waals surface area contributed by atoms with E-state index < -0.39 is 6.04 Å². The van der Waals surface area contributed by atoms with Crippen LogP contribution in [0.4, 0.5) is 11.4 Å². The van der Waals surface area contributed by atoms with Gasteiger partial charge in [0.15, 0.2) is 0 Å². The van der Waals surface area contributed by atoms with Crippen LogP contribution in [0.2, 0.25) is 0 Å². The fourth-order valence-corrected chi connectivity index (χ4v) is 2.93. The number of anilines is 2. The molecule has 24 heavy (non-hydrogen) atoms. The number of carbonyl (C=O) groups is 2. The summed E-state index contributed by atoms with van der Waals surface area (Å²) in [6.45, 7) is 4.00. The summed E-state index contributed by atoms with van der Waals surface area (Å²) in [5.41, 5.74) is 3.62. The number of hydrogen-bond donors (Lipinski definition) is 1. The number of methoxy groups -OCH3 is 1. The van der Waals surface area contributed by atoms with E-state index in [4.69, 9.17) is 4.74 Å². The maximum atomic E-state index is 12.7. The Morgan fingerprint density at radius 3 is 2.62 bits per heavy atom. The van der Waals surface area contributed by atoms with Crippen LogP contribution < -0.4 is 15.0 Å². The fourth-order valence-electron chi connectivity index (χ4n) is 2.93. The van der Waals surface area contributed by atoms with Crippen molar-refractivity contribution in [1.29, 1.82) is 0 Å². The average molecular weight is 324 g/mol. The number of carbonyl (C=O) groups excluding carboxylic acids is 2. The van der Waals surface area contributed by atoms with Gasteiger partial charge in [-0.2, -0.15) is 0 Å². The van der Waals surface area contributed by atoms with Gasteiger partial charge >= 0.3 is 0 Å². The Labute approximate surface area is 141 Å². The Kier molecular flexibility index (Phi) is 4.25. The summed E-state index contributed by atoms with van der Waals surface area (Å²) in [7, 11) is 1.55. The third-order valence-electron chi connectivity index (χ3n) is 4.17. The highest BCUT2D eigenvalue weighted by Gasteiger charge is 2.39. The first-order valence-corrected chi connectivity index (χ1v) is 7.84. The molecule has 2 aromatic carbocycles. The molecule has 1 fully saturated rings. The zero-order valence-corrected chi connectivity index (χ0v) is 14.0. The van der Waals surface area contributed by atoms with E-state index >= 15 is 0 Å². The van der Waals surface area contributed by atoms with Gasteiger partial charge in [-0.1, -0.05) is 23.8 Å². The zero-order valence-electron chi connectivity index (χ0n) is 14.0. The molecule has 0 saturated carbocycles. The van der Waals surface area contributed by atoms with E-state index in [2.05, 4.69) is 5.32 Å². The lowest BCUT2D eigenvalue weighted by Crippen LogP contribution is -2.34. The number of amides is 2. The van der Waals surface area contributed by atoms with Crippen molar-refractivity contribution in [2.24, 2.45) is 0 Å². The van der Waals surface area contributed by atoms with Crippen LogP contribution in [0.25, 0.3) is 0 Å². The monoisotopic (exact) mass is 324 g/mol. The average Bonchev–Trinajstić information content (AvgIpc) is 2.84. The minimum Gasteiger partial charge on any atom is -0.497 e. The molecular formula is C19H20N2O3. The summed E-state index contributed by atoms with van der Waals surface area (Å²) in [4.78, 5) is 26.3. The lowest BCUT2D eigenvalue weighted by atomic mass is 10.1. The van der Waals surface area contributed by atoms with Gasteiger partial charge in [-0.15, -0.1) is 0 Å². The van der Waals surface area contributed by atoms with Crippen LogP contribution in [0.15, 0.2) is 42.5 Å². The van der Waals surface area contributed by atoms with Crippen LogP contribution in [0.5, 0.6) is 5.75 Å². The summed E-state index contributed by atoms with van der Waals surface area (Å²) in [6, 6.07) is 12.4. The Bertz CT molecular complexity index is 801. The van der Waals surface area contributed by atoms with Gasteiger partial charge in [0.05, 0.1) is 19.2 Å². The summed E-state index contributed by atoms with van der Waals surface area (Å²) >= 11 is 0. The van der Waals surface area contributed by atoms with Gasteiger partial charge in [0, 0.05) is 11.8 Å². The molecule has 3 rings (SSSR count). The van der Waals surface area contributed by atoms with Gasteiger partial charge in [0.1, 0.15) is 11.8 Å². The predicted molar refractivity (Wildman–Crippen MR) is 93.4 cm³/mol. The second-order valence-corrected chi connectivity index (χ2v) is 5.99. The largest absolute Gasteiger partial charge is 0.497 e. The van der Waals surface area contributed by atoms with Crippen LogP contribution in [-0.2, 0) is 9.59 Å². The van der Waals surface area contributed by atoms with E-state index in [1.54, 1.807) is 31.4 Å². The number of rotatable bonds is 4. The summed E-state index contributed by atoms with van der Waals surface area (Å²) in [6.07, 6.45) is 0.142. The zero-order chi connectivity index (χ0) is 17.3. The molecule has 1 heterocycles. The number of benzene rings is 2. The molecule has 124 valence electrons. The lowest BCUT2D eigenvalue weighted by molar-refractivity contribution is -0.121. The molecule has 1 N–H and O–H groups in total. The molecule has 0 aromatic heterocycles. The first-order chi connectivity index (χ1) is 11.5. The van der Waals surface area contributed by atoms with E-state index in [1.165, 1.54) is 4.90 Å². The van der Waals surface area contributed by atoms with E-state index in [-0.39, 0.29) is 18.2 Å². The maximum Gasteiger partial charge on any atom is 0.256 e. The molecule has 0 radical (unpaired) electrons. The Hall–Kier alpha value is -2.82. The molecule has 5 heteroatoms. The smallest absolute Gasteiger partial charge is 0.256 e. The molecule has 1 saturated heterocycles. The fraction of sp³-hybridized carbons (Fsp3) is 0.263. The SMILES string of the molecule is COc1cccc(N2C(=O)C[C@H](Nc3ccc(C)cc3C)C2=O)c1. The van der Waals surface area contributed by atoms with Gasteiger partial charge < -0.3 is 10.1 Å². The van der Waals surface area contributed by atoms with Crippen LogP contribution >= 0.6 is 0 Å². The van der Waals surface area contributed by atoms with Crippen molar-refractivity contribution in [1.82, 2.24) is 0 Å². The topological polar surface area (TPSA) is 58.6 Å². The first kappa shape index (κ1) is 16.1. The predicted octanol–water partition coefficient (Wildman–Crippen LogP) is 3.06. The number of imide groups is 1. The minimum absolute atomic E-state index is 0.142. The van der Waals surface area contributed by atoms with Crippen molar-refractivity contribution >= 4 is 23.2 Å². The Balaban J connectivity index is 1.83. The summed E-state index contributed by atoms with van der Waals surface area (Å²) in [5.74, 6) is 0.155. The molecule has 1 aliphatic rings. The van der Waals surface area contributed by atoms with Gasteiger partial charge in [0.25, 0.3) is 5.91 Å². The van der Waals surface area contributed by atoms with Crippen molar-refractivity contribution in [2.45, 2.75) is 26.3 Å². The molecule has 5 nitrogen and oxygen atoms in total. The van der Waals surface area contributed by atoms with E-state index in [1.807, 2.05) is 32.0 Å². The standard InChI is InChI=1S/C19H20N2O3/c1-12-7-8-16(13(2)9-12)20-17-11-18(22)21(19(17)23)14-5-4-6-15(10-14)24-3/h4-10,17,20H,11H2,1-3H3/t17-/m0/s1. The molecule has 0 aliphatic carbocycles. The number of ether oxygens (including phenoxy) is 1. The molecule has 0 unspecified atom stereocenters. The van der Waals surface area contributed by atoms with Crippen molar-refractivity contribution in [2.75, 3.05) is 17.3 Å². The summed E-state index contributed by atoms with van der Waals surface area (Å²) < 4.78 is 5.17. The molecule has 1 aliphatic heterocycles. The van der Waals surface area contributed by atoms with Crippen LogP contribution in [-0.4, -0.2) is 25.0 Å². The second kappa shape index (κ2) is 6.35. The van der Waals surface area contributed by atoms with Crippen LogP contribution in [0.1, 0.15) is 17.5 Å². The third-order valence-corrected chi connectivity index (χ3v) is 4.17. The second-order valence-electron chi connectivity index (χ2n) is 5.99. The van der Waals surface area contributed by atoms with Crippen LogP contribution in [0.3, 0.4) is 0 Å². The maximum absolute atomic E-state index is 12.7. The number of hydrogen-bond acceptors (Lipinski definition) is 4. The van der Waals surface area contributed by atoms with E-state index in [9.17, 15) is 9.59 Å². The summed E-state index contributed by atoms with van der Waals surface area (Å²) in [5, 5.41) is 3.20. The number of aryl methyl sites for hydroxylation is 2. The minimum atomic E-state index is -0.551. The van der Waals surface area contributed by atoms with Gasteiger partial charge in [-0.25, -0.2) is 4.90 Å². The molecule has 2 aromatic rings. The van der Waals surface area contributed by atoms with Crippen molar-refractivity contribution in [3.05, 3.63) is 53.6 Å². The van der Waals surface area contributed by atoms with Gasteiger partial charge in [-0.3, -0.25) is 9.59 Å². The lowest BCUT2D eigenvalue weighted by Gasteiger charge is -2.17. The van der Waals surface area contributed by atoms with Crippen molar-refractivity contribution in [3.8, 4) is 5.75 Å². The Morgan fingerprint density at radius 2 is 1.92 bits per heavy atom. The van der Waals surface area contributed by atoms with Crippen LogP contribution in [0, 0.1) is 13.8 Å². The van der Waals surface area contributed by atoms with E-state index in [0.29, 0.717) is 11.4 Å². The first-order valence-electron chi connectivity index (χ1n) is 7.84. The number of nitrogens with one attached hydrogen (secondary N) is 1. The highest BCUT2D eigenvalue weighted by Crippen LogP contribution is 2.28. The highest BCUT2D eigenvalue weighted by atomic mass is 16.5. The molecule has 1 atom stereocenters. The molecular weight excluding hydrogens is 304 g/mol. The van der Waals surface area contributed by atoms with Crippen molar-refractivity contribution in [3.63, 3.8) is 0 Å². The van der Waals surface area contributed by atoms with Gasteiger partial charge in [0.2, 0.25) is 5.91 Å². The van der Waals surface area contributed by atoms with Crippen molar-refractivity contribution < 1.29 is 14.3 Å². The molecule has 0 bridgehead atoms. The van der Waals surface area contributed by atoms with E-state index in [0.717, 1.165) is 16.8 Å². The quantitative estimate of drug-likeness (QED) is 0.878. The Morgan fingerprint density at radius 1 is 1.12 bits per heavy atom.